The third-order valence-electron chi connectivity index (χ3n) is 2.87. The third kappa shape index (κ3) is 2.21. The highest BCUT2D eigenvalue weighted by atomic mass is 35.5. The molecule has 2 heterocycles. The lowest BCUT2D eigenvalue weighted by Gasteiger charge is -2.18. The van der Waals surface area contributed by atoms with E-state index in [1.165, 1.54) is 5.56 Å². The van der Waals surface area contributed by atoms with Crippen molar-refractivity contribution in [1.82, 2.24) is 9.97 Å². The first-order chi connectivity index (χ1) is 8.24. The van der Waals surface area contributed by atoms with Crippen molar-refractivity contribution in [1.29, 1.82) is 0 Å². The molecule has 0 radical (unpaired) electrons. The molecular formula is C12H12Cl2N4. The molecule has 0 saturated heterocycles. The average molecular weight is 283 g/mol. The second kappa shape index (κ2) is 5.00. The normalized spacial score (nSPS) is 13.1. The van der Waals surface area contributed by atoms with Crippen LogP contribution in [0.3, 0.4) is 0 Å². The van der Waals surface area contributed by atoms with Crippen LogP contribution in [0, 0.1) is 0 Å². The molecule has 1 aliphatic rings. The summed E-state index contributed by atoms with van der Waals surface area (Å²) in [6, 6.07) is 7.77. The van der Waals surface area contributed by atoms with E-state index in [2.05, 4.69) is 14.9 Å². The molecule has 2 aromatic rings. The molecule has 0 fully saturated rings. The van der Waals surface area contributed by atoms with Gasteiger partial charge in [-0.05, 0) is 36.2 Å². The maximum atomic E-state index is 5.98. The van der Waals surface area contributed by atoms with Crippen molar-refractivity contribution in [2.75, 3.05) is 17.2 Å². The van der Waals surface area contributed by atoms with Gasteiger partial charge in [0.25, 0.3) is 0 Å². The molecule has 0 aliphatic carbocycles. The van der Waals surface area contributed by atoms with Gasteiger partial charge in [0.15, 0.2) is 0 Å². The predicted molar refractivity (Wildman–Crippen MR) is 75.9 cm³/mol. The molecule has 2 N–H and O–H groups in total. The second-order valence-corrected chi connectivity index (χ2v) is 4.38. The number of hydrogen-bond acceptors (Lipinski definition) is 4. The summed E-state index contributed by atoms with van der Waals surface area (Å²) < 4.78 is 0. The molecule has 0 saturated carbocycles. The highest BCUT2D eigenvalue weighted by Crippen LogP contribution is 2.34. The minimum atomic E-state index is 0. The molecule has 6 heteroatoms. The van der Waals surface area contributed by atoms with E-state index in [9.17, 15) is 0 Å². The molecule has 1 aliphatic heterocycles. The SMILES string of the molecule is Cl.Nc1nccc(N2CCc3cc(Cl)ccc32)n1. The van der Waals surface area contributed by atoms with Crippen molar-refractivity contribution in [3.05, 3.63) is 41.0 Å². The zero-order valence-corrected chi connectivity index (χ0v) is 11.1. The summed E-state index contributed by atoms with van der Waals surface area (Å²) in [5, 5.41) is 0.771. The van der Waals surface area contributed by atoms with E-state index >= 15 is 0 Å². The topological polar surface area (TPSA) is 55.0 Å². The summed E-state index contributed by atoms with van der Waals surface area (Å²) in [5.41, 5.74) is 7.99. The maximum Gasteiger partial charge on any atom is 0.221 e. The lowest BCUT2D eigenvalue weighted by molar-refractivity contribution is 0.968. The van der Waals surface area contributed by atoms with Gasteiger partial charge in [0.05, 0.1) is 0 Å². The van der Waals surface area contributed by atoms with E-state index in [4.69, 9.17) is 17.3 Å². The Bertz CT molecular complexity index is 574. The number of nitrogen functional groups attached to an aromatic ring is 1. The van der Waals surface area contributed by atoms with Gasteiger partial charge in [-0.15, -0.1) is 12.4 Å². The first kappa shape index (κ1) is 12.9. The van der Waals surface area contributed by atoms with Crippen molar-refractivity contribution >= 4 is 41.5 Å². The molecule has 3 rings (SSSR count). The number of nitrogens with zero attached hydrogens (tertiary/aromatic N) is 3. The summed E-state index contributed by atoms with van der Waals surface area (Å²) in [6.07, 6.45) is 2.64. The van der Waals surface area contributed by atoms with E-state index in [0.29, 0.717) is 5.95 Å². The zero-order chi connectivity index (χ0) is 11.8. The summed E-state index contributed by atoms with van der Waals surface area (Å²) >= 11 is 5.98. The number of benzene rings is 1. The predicted octanol–water partition coefficient (Wildman–Crippen LogP) is 2.83. The summed E-state index contributed by atoms with van der Waals surface area (Å²) in [7, 11) is 0. The van der Waals surface area contributed by atoms with Crippen LogP contribution in [0.25, 0.3) is 0 Å². The van der Waals surface area contributed by atoms with Gasteiger partial charge in [0, 0.05) is 23.5 Å². The van der Waals surface area contributed by atoms with E-state index < -0.39 is 0 Å². The van der Waals surface area contributed by atoms with Crippen LogP contribution < -0.4 is 10.6 Å². The van der Waals surface area contributed by atoms with Gasteiger partial charge < -0.3 is 10.6 Å². The Morgan fingerprint density at radius 2 is 2.11 bits per heavy atom. The Kier molecular flexibility index (Phi) is 3.59. The number of rotatable bonds is 1. The fourth-order valence-corrected chi connectivity index (χ4v) is 2.32. The van der Waals surface area contributed by atoms with Gasteiger partial charge in [-0.1, -0.05) is 11.6 Å². The van der Waals surface area contributed by atoms with E-state index in [1.54, 1.807) is 6.20 Å². The quantitative estimate of drug-likeness (QED) is 0.874. The van der Waals surface area contributed by atoms with Gasteiger partial charge in [-0.3, -0.25) is 0 Å². The van der Waals surface area contributed by atoms with Crippen LogP contribution in [0.5, 0.6) is 0 Å². The highest BCUT2D eigenvalue weighted by molar-refractivity contribution is 6.30. The van der Waals surface area contributed by atoms with E-state index in [-0.39, 0.29) is 12.4 Å². The molecule has 94 valence electrons. The highest BCUT2D eigenvalue weighted by Gasteiger charge is 2.21. The molecule has 0 atom stereocenters. The van der Waals surface area contributed by atoms with E-state index in [1.807, 2.05) is 24.3 Å². The van der Waals surface area contributed by atoms with Gasteiger partial charge in [0.2, 0.25) is 5.95 Å². The number of nitrogens with two attached hydrogens (primary N) is 1. The van der Waals surface area contributed by atoms with Crippen molar-refractivity contribution in [3.63, 3.8) is 0 Å². The summed E-state index contributed by atoms with van der Waals surface area (Å²) in [5.74, 6) is 1.13. The number of aromatic nitrogens is 2. The minimum absolute atomic E-state index is 0. The minimum Gasteiger partial charge on any atom is -0.368 e. The van der Waals surface area contributed by atoms with Crippen LogP contribution in [0.15, 0.2) is 30.5 Å². The number of halogens is 2. The van der Waals surface area contributed by atoms with Crippen LogP contribution in [0.4, 0.5) is 17.5 Å². The van der Waals surface area contributed by atoms with Gasteiger partial charge >= 0.3 is 0 Å². The third-order valence-corrected chi connectivity index (χ3v) is 3.11. The number of hydrogen-bond donors (Lipinski definition) is 1. The number of anilines is 3. The number of fused-ring (bicyclic) bond motifs is 1. The van der Waals surface area contributed by atoms with Crippen LogP contribution in [0.1, 0.15) is 5.56 Å². The Balaban J connectivity index is 0.00000120. The first-order valence-corrected chi connectivity index (χ1v) is 5.76. The largest absolute Gasteiger partial charge is 0.368 e. The first-order valence-electron chi connectivity index (χ1n) is 5.38. The maximum absolute atomic E-state index is 5.98. The molecule has 0 amide bonds. The lowest BCUT2D eigenvalue weighted by Crippen LogP contribution is -2.15. The Morgan fingerprint density at radius 1 is 1.28 bits per heavy atom. The Hall–Kier alpha value is -1.52. The molecule has 4 nitrogen and oxygen atoms in total. The van der Waals surface area contributed by atoms with Crippen molar-refractivity contribution in [2.24, 2.45) is 0 Å². The van der Waals surface area contributed by atoms with Crippen LogP contribution in [-0.4, -0.2) is 16.5 Å². The van der Waals surface area contributed by atoms with Crippen LogP contribution >= 0.6 is 24.0 Å². The van der Waals surface area contributed by atoms with Crippen molar-refractivity contribution in [3.8, 4) is 0 Å². The fourth-order valence-electron chi connectivity index (χ4n) is 2.12. The van der Waals surface area contributed by atoms with Gasteiger partial charge in [0.1, 0.15) is 5.82 Å². The van der Waals surface area contributed by atoms with Gasteiger partial charge in [-0.25, -0.2) is 4.98 Å². The lowest BCUT2D eigenvalue weighted by atomic mass is 10.2. The van der Waals surface area contributed by atoms with Crippen LogP contribution in [-0.2, 0) is 6.42 Å². The zero-order valence-electron chi connectivity index (χ0n) is 9.51. The van der Waals surface area contributed by atoms with Crippen molar-refractivity contribution < 1.29 is 0 Å². The standard InChI is InChI=1S/C12H11ClN4.ClH/c13-9-1-2-10-8(7-9)4-6-17(10)11-3-5-15-12(14)16-11;/h1-3,5,7H,4,6H2,(H2,14,15,16);1H. The van der Waals surface area contributed by atoms with E-state index in [0.717, 1.165) is 29.5 Å². The summed E-state index contributed by atoms with van der Waals surface area (Å²) in [6.45, 7) is 0.895. The Labute approximate surface area is 116 Å². The fraction of sp³-hybridized carbons (Fsp3) is 0.167. The molecule has 1 aromatic heterocycles. The average Bonchev–Trinajstić information content (AvgIpc) is 2.71. The van der Waals surface area contributed by atoms with Crippen LogP contribution in [0.2, 0.25) is 5.02 Å². The molecule has 1 aromatic carbocycles. The van der Waals surface area contributed by atoms with Crippen molar-refractivity contribution in [2.45, 2.75) is 6.42 Å². The monoisotopic (exact) mass is 282 g/mol. The molecule has 0 bridgehead atoms. The van der Waals surface area contributed by atoms with Gasteiger partial charge in [-0.2, -0.15) is 4.98 Å². The second-order valence-electron chi connectivity index (χ2n) is 3.95. The summed E-state index contributed by atoms with van der Waals surface area (Å²) in [4.78, 5) is 10.3. The Morgan fingerprint density at radius 3 is 2.89 bits per heavy atom. The molecule has 0 spiro atoms. The smallest absolute Gasteiger partial charge is 0.221 e. The molecular weight excluding hydrogens is 271 g/mol. The molecule has 0 unspecified atom stereocenters. The molecule has 18 heavy (non-hydrogen) atoms.